The highest BCUT2D eigenvalue weighted by Crippen LogP contribution is 2.27. The van der Waals surface area contributed by atoms with Crippen LogP contribution in [0.2, 0.25) is 0 Å². The third kappa shape index (κ3) is 3.62. The highest BCUT2D eigenvalue weighted by atomic mass is 79.9. The topological polar surface area (TPSA) is 29.3 Å². The van der Waals surface area contributed by atoms with Gasteiger partial charge < -0.3 is 10.6 Å². The van der Waals surface area contributed by atoms with E-state index in [1.165, 1.54) is 16.8 Å². The van der Waals surface area contributed by atoms with Crippen LogP contribution in [-0.4, -0.2) is 7.05 Å². The quantitative estimate of drug-likeness (QED) is 0.892. The molecule has 0 radical (unpaired) electrons. The van der Waals surface area contributed by atoms with Gasteiger partial charge in [-0.25, -0.2) is 0 Å². The van der Waals surface area contributed by atoms with Gasteiger partial charge in [-0.3, -0.25) is 0 Å². The zero-order chi connectivity index (χ0) is 14.5. The van der Waals surface area contributed by atoms with Gasteiger partial charge in [-0.1, -0.05) is 37.3 Å². The Kier molecular flexibility index (Phi) is 5.21. The zero-order valence-corrected chi connectivity index (χ0v) is 13.7. The van der Waals surface area contributed by atoms with Gasteiger partial charge in [-0.15, -0.1) is 0 Å². The standard InChI is InChI=1S/C17H21BrN2/c1-3-13-4-6-14(7-5-13)12-20(2)17-9-8-15(11-19)10-16(17)18/h4-10H,3,11-12,19H2,1-2H3. The fraction of sp³-hybridized carbons (Fsp3) is 0.294. The van der Waals surface area contributed by atoms with Crippen molar-refractivity contribution in [1.82, 2.24) is 0 Å². The molecule has 0 heterocycles. The highest BCUT2D eigenvalue weighted by molar-refractivity contribution is 9.10. The molecule has 2 nitrogen and oxygen atoms in total. The van der Waals surface area contributed by atoms with E-state index in [-0.39, 0.29) is 0 Å². The summed E-state index contributed by atoms with van der Waals surface area (Å²) in [6, 6.07) is 15.1. The summed E-state index contributed by atoms with van der Waals surface area (Å²) in [5.74, 6) is 0. The van der Waals surface area contributed by atoms with Gasteiger partial charge in [0.1, 0.15) is 0 Å². The van der Waals surface area contributed by atoms with Gasteiger partial charge in [0.25, 0.3) is 0 Å². The second-order valence-corrected chi connectivity index (χ2v) is 5.87. The average Bonchev–Trinajstić information content (AvgIpc) is 2.47. The number of benzene rings is 2. The van der Waals surface area contributed by atoms with E-state index in [0.717, 1.165) is 23.0 Å². The molecule has 0 saturated heterocycles. The molecule has 2 rings (SSSR count). The summed E-state index contributed by atoms with van der Waals surface area (Å²) in [7, 11) is 2.11. The van der Waals surface area contributed by atoms with E-state index < -0.39 is 0 Å². The lowest BCUT2D eigenvalue weighted by atomic mass is 10.1. The fourth-order valence-electron chi connectivity index (χ4n) is 2.23. The van der Waals surface area contributed by atoms with E-state index in [2.05, 4.69) is 77.3 Å². The van der Waals surface area contributed by atoms with Gasteiger partial charge in [-0.2, -0.15) is 0 Å². The maximum absolute atomic E-state index is 5.66. The normalized spacial score (nSPS) is 10.6. The molecule has 0 aliphatic carbocycles. The Bertz CT molecular complexity index is 564. The third-order valence-electron chi connectivity index (χ3n) is 3.51. The maximum Gasteiger partial charge on any atom is 0.0511 e. The number of aryl methyl sites for hydroxylation is 1. The zero-order valence-electron chi connectivity index (χ0n) is 12.1. The van der Waals surface area contributed by atoms with Gasteiger partial charge in [0.2, 0.25) is 0 Å². The van der Waals surface area contributed by atoms with Crippen LogP contribution in [0.1, 0.15) is 23.6 Å². The van der Waals surface area contributed by atoms with Gasteiger partial charge in [0, 0.05) is 24.6 Å². The van der Waals surface area contributed by atoms with Crippen LogP contribution in [-0.2, 0) is 19.5 Å². The van der Waals surface area contributed by atoms with Gasteiger partial charge in [-0.05, 0) is 51.2 Å². The summed E-state index contributed by atoms with van der Waals surface area (Å²) in [4.78, 5) is 2.24. The molecule has 0 aliphatic rings. The van der Waals surface area contributed by atoms with E-state index >= 15 is 0 Å². The van der Waals surface area contributed by atoms with Crippen molar-refractivity contribution < 1.29 is 0 Å². The molecule has 2 aromatic carbocycles. The number of nitrogens with two attached hydrogens (primary N) is 1. The van der Waals surface area contributed by atoms with Crippen molar-refractivity contribution in [2.45, 2.75) is 26.4 Å². The molecule has 106 valence electrons. The van der Waals surface area contributed by atoms with Crippen LogP contribution in [0.3, 0.4) is 0 Å². The minimum absolute atomic E-state index is 0.571. The van der Waals surface area contributed by atoms with Crippen molar-refractivity contribution in [3.05, 3.63) is 63.6 Å². The monoisotopic (exact) mass is 332 g/mol. The lowest BCUT2D eigenvalue weighted by Crippen LogP contribution is -2.17. The van der Waals surface area contributed by atoms with E-state index in [9.17, 15) is 0 Å². The molecule has 0 spiro atoms. The first-order chi connectivity index (χ1) is 9.63. The van der Waals surface area contributed by atoms with Crippen LogP contribution < -0.4 is 10.6 Å². The van der Waals surface area contributed by atoms with Crippen LogP contribution in [0.25, 0.3) is 0 Å². The van der Waals surface area contributed by atoms with Crippen molar-refractivity contribution in [1.29, 1.82) is 0 Å². The van der Waals surface area contributed by atoms with Crippen molar-refractivity contribution in [3.63, 3.8) is 0 Å². The molecule has 2 N–H and O–H groups in total. The summed E-state index contributed by atoms with van der Waals surface area (Å²) >= 11 is 3.63. The Morgan fingerprint density at radius 2 is 1.60 bits per heavy atom. The number of halogens is 1. The molecule has 0 amide bonds. The molecule has 3 heteroatoms. The van der Waals surface area contributed by atoms with Gasteiger partial charge in [0.15, 0.2) is 0 Å². The maximum atomic E-state index is 5.66. The van der Waals surface area contributed by atoms with E-state index in [1.54, 1.807) is 0 Å². The molecule has 0 aliphatic heterocycles. The summed E-state index contributed by atoms with van der Waals surface area (Å²) in [5.41, 5.74) is 10.7. The Morgan fingerprint density at radius 1 is 1.00 bits per heavy atom. The number of rotatable bonds is 5. The van der Waals surface area contributed by atoms with Crippen molar-refractivity contribution in [3.8, 4) is 0 Å². The number of anilines is 1. The first-order valence-electron chi connectivity index (χ1n) is 6.91. The van der Waals surface area contributed by atoms with Crippen molar-refractivity contribution in [2.75, 3.05) is 11.9 Å². The molecule has 20 heavy (non-hydrogen) atoms. The van der Waals surface area contributed by atoms with E-state index in [4.69, 9.17) is 5.73 Å². The summed E-state index contributed by atoms with van der Waals surface area (Å²) in [6.45, 7) is 3.64. The average molecular weight is 333 g/mol. The molecular weight excluding hydrogens is 312 g/mol. The SMILES string of the molecule is CCc1ccc(CN(C)c2ccc(CN)cc2Br)cc1. The third-order valence-corrected chi connectivity index (χ3v) is 4.15. The molecular formula is C17H21BrN2. The summed E-state index contributed by atoms with van der Waals surface area (Å²) in [5, 5.41) is 0. The van der Waals surface area contributed by atoms with Crippen molar-refractivity contribution in [2.24, 2.45) is 5.73 Å². The number of nitrogens with zero attached hydrogens (tertiary/aromatic N) is 1. The lowest BCUT2D eigenvalue weighted by molar-refractivity contribution is 0.916. The predicted octanol–water partition coefficient (Wildman–Crippen LogP) is 4.11. The van der Waals surface area contributed by atoms with Crippen LogP contribution >= 0.6 is 15.9 Å². The second-order valence-electron chi connectivity index (χ2n) is 5.02. The van der Waals surface area contributed by atoms with Gasteiger partial charge in [0.05, 0.1) is 5.69 Å². The summed E-state index contributed by atoms with van der Waals surface area (Å²) in [6.07, 6.45) is 1.09. The Balaban J connectivity index is 2.12. The van der Waals surface area contributed by atoms with Crippen LogP contribution in [0.4, 0.5) is 5.69 Å². The first kappa shape index (κ1) is 15.1. The van der Waals surface area contributed by atoms with Crippen molar-refractivity contribution >= 4 is 21.6 Å². The van der Waals surface area contributed by atoms with Crippen LogP contribution in [0.5, 0.6) is 0 Å². The number of hydrogen-bond acceptors (Lipinski definition) is 2. The Morgan fingerprint density at radius 3 is 2.15 bits per heavy atom. The lowest BCUT2D eigenvalue weighted by Gasteiger charge is -2.21. The molecule has 0 unspecified atom stereocenters. The Labute approximate surface area is 129 Å². The molecule has 0 saturated carbocycles. The minimum atomic E-state index is 0.571. The first-order valence-corrected chi connectivity index (χ1v) is 7.70. The highest BCUT2D eigenvalue weighted by Gasteiger charge is 2.07. The number of hydrogen-bond donors (Lipinski definition) is 1. The fourth-order valence-corrected chi connectivity index (χ4v) is 2.96. The Hall–Kier alpha value is -1.32. The van der Waals surface area contributed by atoms with Crippen LogP contribution in [0, 0.1) is 0 Å². The smallest absolute Gasteiger partial charge is 0.0511 e. The van der Waals surface area contributed by atoms with Gasteiger partial charge >= 0.3 is 0 Å². The molecule has 0 fully saturated rings. The largest absolute Gasteiger partial charge is 0.369 e. The molecule has 0 atom stereocenters. The molecule has 0 aromatic heterocycles. The predicted molar refractivity (Wildman–Crippen MR) is 90.0 cm³/mol. The van der Waals surface area contributed by atoms with E-state index in [0.29, 0.717) is 6.54 Å². The van der Waals surface area contributed by atoms with Crippen LogP contribution in [0.15, 0.2) is 46.9 Å². The summed E-state index contributed by atoms with van der Waals surface area (Å²) < 4.78 is 1.09. The molecule has 0 bridgehead atoms. The molecule has 2 aromatic rings. The van der Waals surface area contributed by atoms with E-state index in [1.807, 2.05) is 0 Å². The minimum Gasteiger partial charge on any atom is -0.369 e. The second kappa shape index (κ2) is 6.91.